The minimum atomic E-state index is -1.14. The van der Waals surface area contributed by atoms with Crippen molar-refractivity contribution in [2.45, 2.75) is 4.90 Å². The fraction of sp³-hybridized carbons (Fsp3) is 0.211. The molecule has 6 heteroatoms. The van der Waals surface area contributed by atoms with Gasteiger partial charge in [-0.2, -0.15) is 0 Å². The van der Waals surface area contributed by atoms with Crippen LogP contribution in [0.25, 0.3) is 0 Å². The van der Waals surface area contributed by atoms with E-state index in [9.17, 15) is 4.79 Å². The van der Waals surface area contributed by atoms with Gasteiger partial charge >= 0.3 is 6.09 Å². The van der Waals surface area contributed by atoms with Crippen LogP contribution in [0.2, 0.25) is 0 Å². The summed E-state index contributed by atoms with van der Waals surface area (Å²) < 4.78 is 0. The number of amides is 1. The normalized spacial score (nSPS) is 10.2. The van der Waals surface area contributed by atoms with Gasteiger partial charge in [-0.15, -0.1) is 11.8 Å². The summed E-state index contributed by atoms with van der Waals surface area (Å²) in [5.41, 5.74) is 8.42. The second-order valence-corrected chi connectivity index (χ2v) is 6.77. The maximum atomic E-state index is 10.9. The number of nitrogens with two attached hydrogens (primary N) is 1. The minimum Gasteiger partial charge on any atom is -0.465 e. The van der Waals surface area contributed by atoms with E-state index >= 15 is 0 Å². The van der Waals surface area contributed by atoms with Crippen LogP contribution in [0.15, 0.2) is 47.4 Å². The molecule has 2 rings (SSSR count). The third-order valence-electron chi connectivity index (χ3n) is 3.30. The smallest absolute Gasteiger partial charge is 0.409 e. The van der Waals surface area contributed by atoms with Gasteiger partial charge in [0.2, 0.25) is 0 Å². The molecule has 0 fully saturated rings. The molecule has 0 saturated heterocycles. The Morgan fingerprint density at radius 3 is 2.60 bits per heavy atom. The fourth-order valence-electron chi connectivity index (χ4n) is 2.04. The largest absolute Gasteiger partial charge is 0.465 e. The second kappa shape index (κ2) is 9.02. The number of hydrogen-bond acceptors (Lipinski definition) is 4. The van der Waals surface area contributed by atoms with Gasteiger partial charge in [0.1, 0.15) is 0 Å². The van der Waals surface area contributed by atoms with Crippen molar-refractivity contribution >= 4 is 29.2 Å². The SMILES string of the molecule is CN(C)CCSc1cc(NC(=O)O)c(N)cc1C#Cc1ccccc1. The van der Waals surface area contributed by atoms with Crippen LogP contribution in [0.5, 0.6) is 0 Å². The number of rotatable bonds is 5. The van der Waals surface area contributed by atoms with E-state index in [0.29, 0.717) is 11.4 Å². The number of thioether (sulfide) groups is 1. The lowest BCUT2D eigenvalue weighted by Crippen LogP contribution is -2.15. The number of hydrogen-bond donors (Lipinski definition) is 3. The highest BCUT2D eigenvalue weighted by Crippen LogP contribution is 2.30. The summed E-state index contributed by atoms with van der Waals surface area (Å²) in [6.07, 6.45) is -1.14. The van der Waals surface area contributed by atoms with Gasteiger partial charge in [0.25, 0.3) is 0 Å². The number of anilines is 2. The van der Waals surface area contributed by atoms with Crippen LogP contribution in [0, 0.1) is 11.8 Å². The molecule has 130 valence electrons. The van der Waals surface area contributed by atoms with Crippen LogP contribution < -0.4 is 11.1 Å². The molecule has 0 aromatic heterocycles. The Kier molecular flexibility index (Phi) is 6.75. The molecule has 2 aromatic rings. The van der Waals surface area contributed by atoms with Gasteiger partial charge in [-0.1, -0.05) is 30.0 Å². The molecule has 0 heterocycles. The Hall–Kier alpha value is -2.62. The summed E-state index contributed by atoms with van der Waals surface area (Å²) >= 11 is 1.63. The summed E-state index contributed by atoms with van der Waals surface area (Å²) in [5, 5.41) is 11.3. The predicted octanol–water partition coefficient (Wildman–Crippen LogP) is 3.41. The lowest BCUT2D eigenvalue weighted by Gasteiger charge is -2.13. The van der Waals surface area contributed by atoms with Crippen molar-refractivity contribution in [2.24, 2.45) is 0 Å². The number of carbonyl (C=O) groups is 1. The van der Waals surface area contributed by atoms with Crippen molar-refractivity contribution < 1.29 is 9.90 Å². The number of nitrogens with one attached hydrogen (secondary N) is 1. The van der Waals surface area contributed by atoms with Gasteiger partial charge in [0.15, 0.2) is 0 Å². The van der Waals surface area contributed by atoms with Crippen LogP contribution in [0.4, 0.5) is 16.2 Å². The third-order valence-corrected chi connectivity index (χ3v) is 4.34. The molecule has 0 aliphatic heterocycles. The first-order valence-corrected chi connectivity index (χ1v) is 8.72. The fourth-order valence-corrected chi connectivity index (χ4v) is 3.18. The van der Waals surface area contributed by atoms with E-state index < -0.39 is 6.09 Å². The second-order valence-electron chi connectivity index (χ2n) is 5.63. The Balaban J connectivity index is 2.33. The molecule has 0 radical (unpaired) electrons. The van der Waals surface area contributed by atoms with Crippen LogP contribution >= 0.6 is 11.8 Å². The summed E-state index contributed by atoms with van der Waals surface area (Å²) in [5.74, 6) is 7.14. The molecule has 5 nitrogen and oxygen atoms in total. The van der Waals surface area contributed by atoms with Gasteiger partial charge in [-0.3, -0.25) is 5.32 Å². The highest BCUT2D eigenvalue weighted by atomic mass is 32.2. The number of nitrogens with zero attached hydrogens (tertiary/aromatic N) is 1. The predicted molar refractivity (Wildman–Crippen MR) is 104 cm³/mol. The van der Waals surface area contributed by atoms with Gasteiger partial charge in [0, 0.05) is 28.3 Å². The molecule has 1 amide bonds. The maximum Gasteiger partial charge on any atom is 0.409 e. The molecule has 0 aliphatic carbocycles. The van der Waals surface area contributed by atoms with Crippen molar-refractivity contribution in [3.05, 3.63) is 53.6 Å². The molecule has 0 aliphatic rings. The van der Waals surface area contributed by atoms with Crippen LogP contribution in [0.1, 0.15) is 11.1 Å². The maximum absolute atomic E-state index is 10.9. The third kappa shape index (κ3) is 6.07. The molecule has 4 N–H and O–H groups in total. The Morgan fingerprint density at radius 2 is 1.96 bits per heavy atom. The lowest BCUT2D eigenvalue weighted by molar-refractivity contribution is 0.210. The summed E-state index contributed by atoms with van der Waals surface area (Å²) in [4.78, 5) is 13.9. The zero-order valence-corrected chi connectivity index (χ0v) is 15.1. The summed E-state index contributed by atoms with van der Waals surface area (Å²) in [6.45, 7) is 0.905. The van der Waals surface area contributed by atoms with Gasteiger partial charge in [-0.05, 0) is 38.4 Å². The van der Waals surface area contributed by atoms with E-state index in [0.717, 1.165) is 28.3 Å². The molecular formula is C19H21N3O2S. The van der Waals surface area contributed by atoms with Crippen molar-refractivity contribution in [3.63, 3.8) is 0 Å². The first-order valence-electron chi connectivity index (χ1n) is 7.74. The first kappa shape index (κ1) is 18.7. The van der Waals surface area contributed by atoms with Crippen LogP contribution in [-0.2, 0) is 0 Å². The van der Waals surface area contributed by atoms with Gasteiger partial charge in [-0.25, -0.2) is 4.79 Å². The Bertz CT molecular complexity index is 796. The molecule has 25 heavy (non-hydrogen) atoms. The molecule has 0 unspecified atom stereocenters. The van der Waals surface area contributed by atoms with Crippen LogP contribution in [0.3, 0.4) is 0 Å². The van der Waals surface area contributed by atoms with E-state index in [4.69, 9.17) is 10.8 Å². The molecule has 0 saturated carbocycles. The van der Waals surface area contributed by atoms with Gasteiger partial charge < -0.3 is 15.7 Å². The van der Waals surface area contributed by atoms with E-state index in [1.165, 1.54) is 0 Å². The van der Waals surface area contributed by atoms with Crippen molar-refractivity contribution in [2.75, 3.05) is 37.4 Å². The summed E-state index contributed by atoms with van der Waals surface area (Å²) in [6, 6.07) is 13.2. The summed E-state index contributed by atoms with van der Waals surface area (Å²) in [7, 11) is 4.02. The Labute approximate surface area is 152 Å². The van der Waals surface area contributed by atoms with Crippen molar-refractivity contribution in [3.8, 4) is 11.8 Å². The van der Waals surface area contributed by atoms with Crippen molar-refractivity contribution in [1.82, 2.24) is 4.90 Å². The standard InChI is InChI=1S/C19H21N3O2S/c1-22(2)10-11-25-18-13-17(21-19(23)24)16(20)12-15(18)9-8-14-6-4-3-5-7-14/h3-7,12-13,21H,10-11,20H2,1-2H3,(H,23,24). The van der Waals surface area contributed by atoms with E-state index in [1.54, 1.807) is 23.9 Å². The molecule has 0 atom stereocenters. The average Bonchev–Trinajstić information content (AvgIpc) is 2.56. The average molecular weight is 355 g/mol. The molecule has 0 bridgehead atoms. The quantitative estimate of drug-likeness (QED) is 0.435. The number of carboxylic acid groups (broad SMARTS) is 1. The Morgan fingerprint density at radius 1 is 1.24 bits per heavy atom. The molecule has 2 aromatic carbocycles. The molecular weight excluding hydrogens is 334 g/mol. The number of nitrogen functional groups attached to an aromatic ring is 1. The highest BCUT2D eigenvalue weighted by molar-refractivity contribution is 7.99. The highest BCUT2D eigenvalue weighted by Gasteiger charge is 2.10. The monoisotopic (exact) mass is 355 g/mol. The topological polar surface area (TPSA) is 78.6 Å². The van der Waals surface area contributed by atoms with Crippen molar-refractivity contribution in [1.29, 1.82) is 0 Å². The lowest BCUT2D eigenvalue weighted by atomic mass is 10.1. The van der Waals surface area contributed by atoms with E-state index in [2.05, 4.69) is 22.1 Å². The first-order chi connectivity index (χ1) is 12.0. The van der Waals surface area contributed by atoms with Gasteiger partial charge in [0.05, 0.1) is 11.4 Å². The zero-order chi connectivity index (χ0) is 18.2. The zero-order valence-electron chi connectivity index (χ0n) is 14.2. The molecule has 0 spiro atoms. The van der Waals surface area contributed by atoms with Crippen LogP contribution in [-0.4, -0.2) is 42.5 Å². The van der Waals surface area contributed by atoms with E-state index in [-0.39, 0.29) is 0 Å². The minimum absolute atomic E-state index is 0.358. The number of benzene rings is 2. The van der Waals surface area contributed by atoms with E-state index in [1.807, 2.05) is 44.4 Å².